The zero-order valence-corrected chi connectivity index (χ0v) is 10.5. The normalized spacial score (nSPS) is 13.4. The van der Waals surface area contributed by atoms with Crippen molar-refractivity contribution >= 4 is 11.8 Å². The molecule has 0 saturated carbocycles. The highest BCUT2D eigenvalue weighted by atomic mass is 32.2. The molecule has 1 unspecified atom stereocenters. The van der Waals surface area contributed by atoms with E-state index in [1.807, 2.05) is 16.4 Å². The van der Waals surface area contributed by atoms with Crippen molar-refractivity contribution in [1.82, 2.24) is 14.8 Å². The van der Waals surface area contributed by atoms with Gasteiger partial charge in [0, 0.05) is 18.3 Å². The molecule has 1 rings (SSSR count). The van der Waals surface area contributed by atoms with E-state index in [0.717, 1.165) is 18.1 Å². The molecular formula is C10H20N4S. The number of nitrogens with two attached hydrogens (primary N) is 1. The van der Waals surface area contributed by atoms with Gasteiger partial charge in [0.25, 0.3) is 0 Å². The molecule has 0 aliphatic carbocycles. The molecule has 1 heterocycles. The zero-order chi connectivity index (χ0) is 11.3. The number of hydrogen-bond donors (Lipinski definition) is 1. The smallest absolute Gasteiger partial charge is 0.138 e. The van der Waals surface area contributed by atoms with Gasteiger partial charge in [0.05, 0.1) is 5.75 Å². The van der Waals surface area contributed by atoms with Crippen LogP contribution in [0.15, 0.2) is 6.33 Å². The summed E-state index contributed by atoms with van der Waals surface area (Å²) in [6.07, 6.45) is 1.63. The second-order valence-corrected chi connectivity index (χ2v) is 5.54. The Hall–Kier alpha value is -0.550. The lowest BCUT2D eigenvalue weighted by Gasteiger charge is -2.10. The van der Waals surface area contributed by atoms with E-state index in [2.05, 4.69) is 30.9 Å². The van der Waals surface area contributed by atoms with Crippen LogP contribution in [0.1, 0.15) is 26.6 Å². The fourth-order valence-electron chi connectivity index (χ4n) is 1.18. The monoisotopic (exact) mass is 228 g/mol. The molecule has 4 nitrogen and oxygen atoms in total. The summed E-state index contributed by atoms with van der Waals surface area (Å²) in [6.45, 7) is 8.14. The number of nitrogens with zero attached hydrogens (tertiary/aromatic N) is 3. The molecule has 0 aliphatic heterocycles. The van der Waals surface area contributed by atoms with Crippen LogP contribution in [0.5, 0.6) is 0 Å². The van der Waals surface area contributed by atoms with Crippen LogP contribution >= 0.6 is 11.8 Å². The predicted octanol–water partition coefficient (Wildman–Crippen LogP) is 1.51. The number of hydrogen-bond acceptors (Lipinski definition) is 4. The van der Waals surface area contributed by atoms with Crippen LogP contribution < -0.4 is 5.73 Å². The highest BCUT2D eigenvalue weighted by Crippen LogP contribution is 2.15. The van der Waals surface area contributed by atoms with E-state index < -0.39 is 0 Å². The van der Waals surface area contributed by atoms with Gasteiger partial charge in [0.15, 0.2) is 0 Å². The van der Waals surface area contributed by atoms with Crippen molar-refractivity contribution in [3.8, 4) is 0 Å². The summed E-state index contributed by atoms with van der Waals surface area (Å²) in [5.41, 5.74) is 5.57. The summed E-state index contributed by atoms with van der Waals surface area (Å²) in [6, 6.07) is 0. The minimum Gasteiger partial charge on any atom is -0.329 e. The van der Waals surface area contributed by atoms with Crippen molar-refractivity contribution in [2.75, 3.05) is 6.54 Å². The molecule has 15 heavy (non-hydrogen) atoms. The van der Waals surface area contributed by atoms with Gasteiger partial charge in [-0.2, -0.15) is 5.10 Å². The van der Waals surface area contributed by atoms with Gasteiger partial charge < -0.3 is 5.73 Å². The first-order valence-electron chi connectivity index (χ1n) is 5.31. The Morgan fingerprint density at radius 1 is 1.47 bits per heavy atom. The summed E-state index contributed by atoms with van der Waals surface area (Å²) in [5, 5.41) is 4.70. The average molecular weight is 228 g/mol. The third-order valence-corrected chi connectivity index (χ3v) is 3.25. The first-order chi connectivity index (χ1) is 7.13. The van der Waals surface area contributed by atoms with Gasteiger partial charge in [-0.25, -0.2) is 9.67 Å². The molecule has 5 heteroatoms. The van der Waals surface area contributed by atoms with Crippen LogP contribution in [0.2, 0.25) is 0 Å². The summed E-state index contributed by atoms with van der Waals surface area (Å²) < 4.78 is 1.99. The number of aromatic nitrogens is 3. The summed E-state index contributed by atoms with van der Waals surface area (Å²) in [5.74, 6) is 2.54. The molecule has 1 aromatic heterocycles. The van der Waals surface area contributed by atoms with Crippen molar-refractivity contribution in [2.24, 2.45) is 11.7 Å². The van der Waals surface area contributed by atoms with E-state index in [4.69, 9.17) is 5.73 Å². The lowest BCUT2D eigenvalue weighted by Crippen LogP contribution is -2.14. The fraction of sp³-hybridized carbons (Fsp3) is 0.800. The highest BCUT2D eigenvalue weighted by Gasteiger charge is 2.08. The first kappa shape index (κ1) is 12.5. The fourth-order valence-corrected chi connectivity index (χ4v) is 1.98. The molecule has 2 N–H and O–H groups in total. The Bertz CT molecular complexity index is 285. The third-order valence-electron chi connectivity index (χ3n) is 2.06. The van der Waals surface area contributed by atoms with E-state index in [0.29, 0.717) is 17.7 Å². The predicted molar refractivity (Wildman–Crippen MR) is 64.7 cm³/mol. The Balaban J connectivity index is 2.49. The number of rotatable bonds is 6. The zero-order valence-electron chi connectivity index (χ0n) is 9.68. The SMILES string of the molecule is CC(C)Cn1ncnc1CSC(C)CN. The minimum absolute atomic E-state index is 0.481. The van der Waals surface area contributed by atoms with E-state index in [1.54, 1.807) is 6.33 Å². The molecule has 0 radical (unpaired) electrons. The Kier molecular flexibility index (Phi) is 5.11. The van der Waals surface area contributed by atoms with E-state index in [-0.39, 0.29) is 0 Å². The van der Waals surface area contributed by atoms with Crippen molar-refractivity contribution in [1.29, 1.82) is 0 Å². The van der Waals surface area contributed by atoms with Crippen molar-refractivity contribution in [3.05, 3.63) is 12.2 Å². The van der Waals surface area contributed by atoms with Gasteiger partial charge in [-0.05, 0) is 5.92 Å². The van der Waals surface area contributed by atoms with Crippen LogP contribution in [0.3, 0.4) is 0 Å². The quantitative estimate of drug-likeness (QED) is 0.802. The second-order valence-electron chi connectivity index (χ2n) is 4.11. The lowest BCUT2D eigenvalue weighted by molar-refractivity contribution is 0.471. The van der Waals surface area contributed by atoms with Crippen LogP contribution in [-0.2, 0) is 12.3 Å². The molecule has 0 aromatic carbocycles. The Morgan fingerprint density at radius 3 is 2.80 bits per heavy atom. The lowest BCUT2D eigenvalue weighted by atomic mass is 10.2. The van der Waals surface area contributed by atoms with Crippen molar-refractivity contribution in [2.45, 2.75) is 38.3 Å². The van der Waals surface area contributed by atoms with Crippen LogP contribution in [0.4, 0.5) is 0 Å². The highest BCUT2D eigenvalue weighted by molar-refractivity contribution is 7.99. The largest absolute Gasteiger partial charge is 0.329 e. The van der Waals surface area contributed by atoms with E-state index in [9.17, 15) is 0 Å². The topological polar surface area (TPSA) is 56.7 Å². The maximum absolute atomic E-state index is 5.57. The van der Waals surface area contributed by atoms with Gasteiger partial charge in [-0.15, -0.1) is 11.8 Å². The summed E-state index contributed by atoms with van der Waals surface area (Å²) in [7, 11) is 0. The van der Waals surface area contributed by atoms with Gasteiger partial charge in [0.2, 0.25) is 0 Å². The molecule has 0 saturated heterocycles. The first-order valence-corrected chi connectivity index (χ1v) is 6.36. The molecule has 0 fully saturated rings. The molecule has 1 atom stereocenters. The third kappa shape index (κ3) is 4.22. The average Bonchev–Trinajstić information content (AvgIpc) is 2.61. The van der Waals surface area contributed by atoms with Gasteiger partial charge in [-0.1, -0.05) is 20.8 Å². The molecule has 86 valence electrons. The van der Waals surface area contributed by atoms with Crippen molar-refractivity contribution in [3.63, 3.8) is 0 Å². The summed E-state index contributed by atoms with van der Waals surface area (Å²) >= 11 is 1.83. The minimum atomic E-state index is 0.481. The van der Waals surface area contributed by atoms with Crippen LogP contribution in [-0.4, -0.2) is 26.6 Å². The van der Waals surface area contributed by atoms with E-state index in [1.165, 1.54) is 0 Å². The standard InChI is InChI=1S/C10H20N4S/c1-8(2)5-14-10(12-7-13-14)6-15-9(3)4-11/h7-9H,4-6,11H2,1-3H3. The Morgan fingerprint density at radius 2 is 2.20 bits per heavy atom. The van der Waals surface area contributed by atoms with Gasteiger partial charge in [0.1, 0.15) is 12.2 Å². The van der Waals surface area contributed by atoms with Gasteiger partial charge >= 0.3 is 0 Å². The van der Waals surface area contributed by atoms with Crippen molar-refractivity contribution < 1.29 is 0 Å². The molecule has 1 aromatic rings. The van der Waals surface area contributed by atoms with Crippen LogP contribution in [0, 0.1) is 5.92 Å². The molecule has 0 amide bonds. The Labute approximate surface area is 95.6 Å². The van der Waals surface area contributed by atoms with E-state index >= 15 is 0 Å². The summed E-state index contributed by atoms with van der Waals surface area (Å²) in [4.78, 5) is 4.27. The van der Waals surface area contributed by atoms with Gasteiger partial charge in [-0.3, -0.25) is 0 Å². The molecule has 0 aliphatic rings. The second kappa shape index (κ2) is 6.12. The molecule has 0 spiro atoms. The maximum atomic E-state index is 5.57. The number of thioether (sulfide) groups is 1. The molecule has 0 bridgehead atoms. The van der Waals surface area contributed by atoms with Crippen LogP contribution in [0.25, 0.3) is 0 Å². The molecular weight excluding hydrogens is 208 g/mol. The maximum Gasteiger partial charge on any atom is 0.138 e.